The molecule has 0 saturated heterocycles. The third-order valence-corrected chi connectivity index (χ3v) is 2.58. The number of aromatic nitrogens is 3. The molecule has 0 aliphatic heterocycles. The maximum Gasteiger partial charge on any atom is 0.416 e. The van der Waals surface area contributed by atoms with Crippen LogP contribution in [0.1, 0.15) is 11.1 Å². The molecule has 0 radical (unpaired) electrons. The zero-order valence-electron chi connectivity index (χ0n) is 10.9. The number of nitrogens with zero attached hydrogens (tertiary/aromatic N) is 3. The minimum absolute atomic E-state index is 0.112. The number of halogens is 3. The van der Waals surface area contributed by atoms with Crippen LogP contribution in [0.5, 0.6) is 0 Å². The lowest BCUT2D eigenvalue weighted by Gasteiger charge is -2.09. The van der Waals surface area contributed by atoms with Gasteiger partial charge in [-0.15, -0.1) is 5.10 Å². The summed E-state index contributed by atoms with van der Waals surface area (Å²) in [6.07, 6.45) is -2.56. The van der Waals surface area contributed by atoms with Gasteiger partial charge in [-0.2, -0.15) is 13.2 Å². The van der Waals surface area contributed by atoms with Gasteiger partial charge >= 0.3 is 6.18 Å². The van der Waals surface area contributed by atoms with E-state index in [1.54, 1.807) is 13.0 Å². The van der Waals surface area contributed by atoms with Gasteiger partial charge < -0.3 is 10.2 Å². The van der Waals surface area contributed by atoms with Gasteiger partial charge in [0.15, 0.2) is 12.1 Å². The Bertz CT molecular complexity index is 663. The lowest BCUT2D eigenvalue weighted by molar-refractivity contribution is -0.137. The summed E-state index contributed by atoms with van der Waals surface area (Å²) in [5, 5.41) is 21.3. The van der Waals surface area contributed by atoms with Crippen molar-refractivity contribution < 1.29 is 23.4 Å². The molecule has 2 aromatic rings. The Labute approximate surface area is 118 Å². The molecule has 0 unspecified atom stereocenters. The van der Waals surface area contributed by atoms with Crippen LogP contribution in [0, 0.1) is 6.92 Å². The lowest BCUT2D eigenvalue weighted by atomic mass is 10.1. The maximum absolute atomic E-state index is 12.8. The monoisotopic (exact) mass is 299 g/mol. The highest BCUT2D eigenvalue weighted by Gasteiger charge is 2.31. The Kier molecular flexibility index (Phi) is 4.10. The molecular weight excluding hydrogens is 287 g/mol. The molecular formula is C13H12F3N3O2. The van der Waals surface area contributed by atoms with Crippen LogP contribution < -0.4 is 0 Å². The molecule has 2 rings (SSSR count). The average Bonchev–Trinajstić information content (AvgIpc) is 2.83. The summed E-state index contributed by atoms with van der Waals surface area (Å²) >= 11 is 0. The summed E-state index contributed by atoms with van der Waals surface area (Å²) in [5.74, 6) is 0.112. The second-order valence-corrected chi connectivity index (χ2v) is 4.39. The third kappa shape index (κ3) is 3.89. The van der Waals surface area contributed by atoms with Gasteiger partial charge in [0.05, 0.1) is 5.56 Å². The van der Waals surface area contributed by atoms with Crippen molar-refractivity contribution in [2.45, 2.75) is 19.4 Å². The molecule has 0 fully saturated rings. The standard InChI is InChI=1S/C13H12F3N3O2/c1-8-4-9(6-10(5-8)13(14,15)16)12-17-7-19(18-12)3-2-11(20)21/h2-7,11,20-21H,1H3/b3-2-. The second-order valence-electron chi connectivity index (χ2n) is 4.39. The van der Waals surface area contributed by atoms with Crippen molar-refractivity contribution in [2.75, 3.05) is 0 Å². The highest BCUT2D eigenvalue weighted by Crippen LogP contribution is 2.32. The van der Waals surface area contributed by atoms with Crippen molar-refractivity contribution in [1.29, 1.82) is 0 Å². The number of aliphatic hydroxyl groups is 2. The van der Waals surface area contributed by atoms with Crippen molar-refractivity contribution in [2.24, 2.45) is 0 Å². The smallest absolute Gasteiger partial charge is 0.365 e. The fourth-order valence-corrected chi connectivity index (χ4v) is 1.72. The summed E-state index contributed by atoms with van der Waals surface area (Å²) in [7, 11) is 0. The van der Waals surface area contributed by atoms with Gasteiger partial charge in [-0.05, 0) is 36.8 Å². The lowest BCUT2D eigenvalue weighted by Crippen LogP contribution is -2.05. The van der Waals surface area contributed by atoms with Gasteiger partial charge in [0.2, 0.25) is 0 Å². The van der Waals surface area contributed by atoms with E-state index in [1.807, 2.05) is 0 Å². The van der Waals surface area contributed by atoms with Crippen LogP contribution in [0.4, 0.5) is 13.2 Å². The van der Waals surface area contributed by atoms with Crippen molar-refractivity contribution in [3.63, 3.8) is 0 Å². The van der Waals surface area contributed by atoms with E-state index in [-0.39, 0.29) is 11.4 Å². The summed E-state index contributed by atoms with van der Waals surface area (Å²) in [6, 6.07) is 3.55. The molecule has 0 aliphatic rings. The van der Waals surface area contributed by atoms with E-state index < -0.39 is 18.0 Å². The van der Waals surface area contributed by atoms with Crippen LogP contribution in [-0.4, -0.2) is 31.3 Å². The topological polar surface area (TPSA) is 71.2 Å². The first-order valence-corrected chi connectivity index (χ1v) is 5.90. The molecule has 0 saturated carbocycles. The minimum Gasteiger partial charge on any atom is -0.365 e. The predicted octanol–water partition coefficient (Wildman–Crippen LogP) is 2.05. The van der Waals surface area contributed by atoms with Gasteiger partial charge in [-0.1, -0.05) is 0 Å². The van der Waals surface area contributed by atoms with Crippen LogP contribution >= 0.6 is 0 Å². The molecule has 0 aliphatic carbocycles. The van der Waals surface area contributed by atoms with Gasteiger partial charge in [0, 0.05) is 11.8 Å². The van der Waals surface area contributed by atoms with E-state index in [0.29, 0.717) is 5.56 Å². The predicted molar refractivity (Wildman–Crippen MR) is 68.8 cm³/mol. The normalized spacial score (nSPS) is 12.5. The number of alkyl halides is 3. The van der Waals surface area contributed by atoms with Crippen molar-refractivity contribution in [3.8, 4) is 11.4 Å². The van der Waals surface area contributed by atoms with Gasteiger partial charge in [0.25, 0.3) is 0 Å². The average molecular weight is 299 g/mol. The summed E-state index contributed by atoms with van der Waals surface area (Å²) in [4.78, 5) is 3.90. The first-order chi connectivity index (χ1) is 9.75. The van der Waals surface area contributed by atoms with Gasteiger partial charge in [0.1, 0.15) is 6.33 Å². The molecule has 8 heteroatoms. The van der Waals surface area contributed by atoms with E-state index in [4.69, 9.17) is 10.2 Å². The van der Waals surface area contributed by atoms with E-state index in [9.17, 15) is 13.2 Å². The number of hydrogen-bond acceptors (Lipinski definition) is 4. The van der Waals surface area contributed by atoms with Crippen LogP contribution in [0.25, 0.3) is 17.6 Å². The number of benzene rings is 1. The molecule has 0 bridgehead atoms. The Hall–Kier alpha value is -2.19. The van der Waals surface area contributed by atoms with E-state index in [1.165, 1.54) is 17.2 Å². The number of aliphatic hydroxyl groups excluding tert-OH is 1. The summed E-state index contributed by atoms with van der Waals surface area (Å²) in [6.45, 7) is 1.55. The SMILES string of the molecule is Cc1cc(-c2ncn(/C=C\C(O)O)n2)cc(C(F)(F)F)c1. The van der Waals surface area contributed by atoms with E-state index in [0.717, 1.165) is 18.2 Å². The first-order valence-electron chi connectivity index (χ1n) is 5.90. The van der Waals surface area contributed by atoms with Gasteiger partial charge in [-0.25, -0.2) is 9.67 Å². The summed E-state index contributed by atoms with van der Waals surface area (Å²) in [5.41, 5.74) is -0.0910. The minimum atomic E-state index is -4.44. The fraction of sp³-hybridized carbons (Fsp3) is 0.231. The molecule has 112 valence electrons. The highest BCUT2D eigenvalue weighted by molar-refractivity contribution is 5.57. The Morgan fingerprint density at radius 3 is 2.57 bits per heavy atom. The molecule has 5 nitrogen and oxygen atoms in total. The van der Waals surface area contributed by atoms with Crippen LogP contribution in [-0.2, 0) is 6.18 Å². The maximum atomic E-state index is 12.8. The van der Waals surface area contributed by atoms with E-state index >= 15 is 0 Å². The summed E-state index contributed by atoms with van der Waals surface area (Å²) < 4.78 is 39.5. The van der Waals surface area contributed by atoms with Crippen molar-refractivity contribution in [3.05, 3.63) is 41.7 Å². The largest absolute Gasteiger partial charge is 0.416 e. The molecule has 1 aromatic carbocycles. The molecule has 21 heavy (non-hydrogen) atoms. The number of rotatable bonds is 3. The molecule has 1 heterocycles. The highest BCUT2D eigenvalue weighted by atomic mass is 19.4. The van der Waals surface area contributed by atoms with Gasteiger partial charge in [-0.3, -0.25) is 0 Å². The first kappa shape index (κ1) is 15.2. The number of hydrogen-bond donors (Lipinski definition) is 2. The third-order valence-electron chi connectivity index (χ3n) is 2.58. The van der Waals surface area contributed by atoms with Crippen LogP contribution in [0.2, 0.25) is 0 Å². The zero-order valence-corrected chi connectivity index (χ0v) is 10.9. The molecule has 1 aromatic heterocycles. The second kappa shape index (κ2) is 5.66. The molecule has 0 amide bonds. The molecule has 0 spiro atoms. The molecule has 0 atom stereocenters. The quantitative estimate of drug-likeness (QED) is 0.851. The number of aryl methyl sites for hydroxylation is 1. The van der Waals surface area contributed by atoms with Crippen LogP contribution in [0.3, 0.4) is 0 Å². The van der Waals surface area contributed by atoms with E-state index in [2.05, 4.69) is 10.1 Å². The fourth-order valence-electron chi connectivity index (χ4n) is 1.72. The van der Waals surface area contributed by atoms with Crippen molar-refractivity contribution in [1.82, 2.24) is 14.8 Å². The van der Waals surface area contributed by atoms with Crippen LogP contribution in [0.15, 0.2) is 30.6 Å². The Morgan fingerprint density at radius 2 is 1.95 bits per heavy atom. The van der Waals surface area contributed by atoms with Crippen molar-refractivity contribution >= 4 is 6.20 Å². The Balaban J connectivity index is 2.36. The Morgan fingerprint density at radius 1 is 1.24 bits per heavy atom. The zero-order chi connectivity index (χ0) is 15.6. The molecule has 2 N–H and O–H groups in total.